The van der Waals surface area contributed by atoms with Crippen molar-refractivity contribution in [2.75, 3.05) is 43.4 Å². The van der Waals surface area contributed by atoms with E-state index >= 15 is 0 Å². The van der Waals surface area contributed by atoms with Crippen LogP contribution in [-0.2, 0) is 6.54 Å². The van der Waals surface area contributed by atoms with Gasteiger partial charge >= 0.3 is 0 Å². The van der Waals surface area contributed by atoms with Gasteiger partial charge in [-0.05, 0) is 5.56 Å². The van der Waals surface area contributed by atoms with E-state index in [9.17, 15) is 0 Å². The summed E-state index contributed by atoms with van der Waals surface area (Å²) in [6, 6.07) is 12.7. The van der Waals surface area contributed by atoms with Crippen LogP contribution in [0.5, 0.6) is 0 Å². The fourth-order valence-corrected chi connectivity index (χ4v) is 2.63. The molecule has 0 spiro atoms. The molecule has 1 fully saturated rings. The van der Waals surface area contributed by atoms with Crippen LogP contribution in [0.25, 0.3) is 0 Å². The van der Waals surface area contributed by atoms with Crippen molar-refractivity contribution in [3.63, 3.8) is 0 Å². The maximum Gasteiger partial charge on any atom is 0.134 e. The van der Waals surface area contributed by atoms with Crippen LogP contribution in [0.3, 0.4) is 0 Å². The maximum atomic E-state index is 4.38. The highest BCUT2D eigenvalue weighted by Crippen LogP contribution is 2.16. The second kappa shape index (κ2) is 6.54. The van der Waals surface area contributed by atoms with E-state index in [1.54, 1.807) is 6.33 Å². The number of hydrogen-bond donors (Lipinski definition) is 1. The van der Waals surface area contributed by atoms with E-state index in [1.165, 1.54) is 5.56 Å². The largest absolute Gasteiger partial charge is 0.373 e. The third-order valence-corrected chi connectivity index (χ3v) is 3.85. The lowest BCUT2D eigenvalue weighted by molar-refractivity contribution is 0.249. The fraction of sp³-hybridized carbons (Fsp3) is 0.375. The minimum atomic E-state index is 0.867. The molecule has 0 bridgehead atoms. The molecule has 1 N–H and O–H groups in total. The molecule has 0 amide bonds. The van der Waals surface area contributed by atoms with E-state index in [0.29, 0.717) is 0 Å². The van der Waals surface area contributed by atoms with E-state index in [2.05, 4.69) is 55.4 Å². The van der Waals surface area contributed by atoms with Gasteiger partial charge < -0.3 is 10.2 Å². The molecule has 5 heteroatoms. The topological polar surface area (TPSA) is 44.3 Å². The smallest absolute Gasteiger partial charge is 0.134 e. The third-order valence-electron chi connectivity index (χ3n) is 3.85. The van der Waals surface area contributed by atoms with Crippen LogP contribution in [0, 0.1) is 0 Å². The van der Waals surface area contributed by atoms with E-state index in [0.717, 1.165) is 44.4 Å². The van der Waals surface area contributed by atoms with E-state index in [-0.39, 0.29) is 0 Å². The summed E-state index contributed by atoms with van der Waals surface area (Å²) >= 11 is 0. The molecule has 0 atom stereocenters. The Morgan fingerprint density at radius 2 is 1.81 bits per heavy atom. The highest BCUT2D eigenvalue weighted by atomic mass is 15.3. The lowest BCUT2D eigenvalue weighted by Crippen LogP contribution is -2.46. The highest BCUT2D eigenvalue weighted by Gasteiger charge is 2.18. The van der Waals surface area contributed by atoms with Crippen LogP contribution < -0.4 is 10.2 Å². The molecule has 21 heavy (non-hydrogen) atoms. The predicted molar refractivity (Wildman–Crippen MR) is 85.5 cm³/mol. The molecule has 0 unspecified atom stereocenters. The second-order valence-electron chi connectivity index (χ2n) is 5.26. The Kier molecular flexibility index (Phi) is 4.31. The van der Waals surface area contributed by atoms with Gasteiger partial charge in [-0.25, -0.2) is 9.97 Å². The van der Waals surface area contributed by atoms with Crippen LogP contribution in [-0.4, -0.2) is 48.1 Å². The lowest BCUT2D eigenvalue weighted by atomic mass is 10.2. The van der Waals surface area contributed by atoms with Gasteiger partial charge in [0.25, 0.3) is 0 Å². The van der Waals surface area contributed by atoms with Crippen LogP contribution in [0.2, 0.25) is 0 Å². The zero-order valence-electron chi connectivity index (χ0n) is 12.4. The second-order valence-corrected chi connectivity index (χ2v) is 5.26. The van der Waals surface area contributed by atoms with Crippen molar-refractivity contribution in [2.24, 2.45) is 0 Å². The zero-order valence-corrected chi connectivity index (χ0v) is 12.4. The molecule has 1 aromatic carbocycles. The van der Waals surface area contributed by atoms with Crippen LogP contribution >= 0.6 is 0 Å². The third kappa shape index (κ3) is 3.49. The molecule has 0 aliphatic carbocycles. The number of benzene rings is 1. The Morgan fingerprint density at radius 3 is 2.52 bits per heavy atom. The number of nitrogens with zero attached hydrogens (tertiary/aromatic N) is 4. The Balaban J connectivity index is 1.57. The number of aromatic nitrogens is 2. The summed E-state index contributed by atoms with van der Waals surface area (Å²) in [6.45, 7) is 5.17. The standard InChI is InChI=1S/C16H21N5/c1-17-15-11-16(19-13-18-15)21-9-7-20(8-10-21)12-14-5-3-2-4-6-14/h2-6,11,13H,7-10,12H2,1H3,(H,17,18,19). The number of nitrogens with one attached hydrogen (secondary N) is 1. The van der Waals surface area contributed by atoms with Crippen LogP contribution in [0.4, 0.5) is 11.6 Å². The molecule has 1 saturated heterocycles. The van der Waals surface area contributed by atoms with Crippen molar-refractivity contribution < 1.29 is 0 Å². The maximum absolute atomic E-state index is 4.38. The molecule has 0 saturated carbocycles. The fourth-order valence-electron chi connectivity index (χ4n) is 2.63. The molecule has 0 radical (unpaired) electrons. The van der Waals surface area contributed by atoms with Crippen molar-refractivity contribution in [1.82, 2.24) is 14.9 Å². The SMILES string of the molecule is CNc1cc(N2CCN(Cc3ccccc3)CC2)ncn1. The van der Waals surface area contributed by atoms with Crippen LogP contribution in [0.15, 0.2) is 42.7 Å². The molecule has 110 valence electrons. The first kappa shape index (κ1) is 13.8. The summed E-state index contributed by atoms with van der Waals surface area (Å²) in [5, 5.41) is 3.06. The highest BCUT2D eigenvalue weighted by molar-refractivity contribution is 5.48. The van der Waals surface area contributed by atoms with Crippen molar-refractivity contribution in [3.05, 3.63) is 48.3 Å². The van der Waals surface area contributed by atoms with Gasteiger partial charge in [0, 0.05) is 45.8 Å². The Bertz CT molecular complexity index is 564. The Hall–Kier alpha value is -2.14. The summed E-state index contributed by atoms with van der Waals surface area (Å²) in [5.41, 5.74) is 1.38. The molecular formula is C16H21N5. The van der Waals surface area contributed by atoms with Gasteiger partial charge in [-0.2, -0.15) is 0 Å². The van der Waals surface area contributed by atoms with E-state index in [4.69, 9.17) is 0 Å². The molecule has 5 nitrogen and oxygen atoms in total. The number of piperazine rings is 1. The van der Waals surface area contributed by atoms with Gasteiger partial charge in [0.05, 0.1) is 0 Å². The van der Waals surface area contributed by atoms with Crippen molar-refractivity contribution in [2.45, 2.75) is 6.54 Å². The molecule has 1 aromatic heterocycles. The number of rotatable bonds is 4. The monoisotopic (exact) mass is 283 g/mol. The summed E-state index contributed by atoms with van der Waals surface area (Å²) in [4.78, 5) is 13.4. The lowest BCUT2D eigenvalue weighted by Gasteiger charge is -2.35. The first-order chi connectivity index (χ1) is 10.3. The van der Waals surface area contributed by atoms with Gasteiger partial charge in [-0.1, -0.05) is 30.3 Å². The van der Waals surface area contributed by atoms with Gasteiger partial charge in [0.2, 0.25) is 0 Å². The minimum Gasteiger partial charge on any atom is -0.373 e. The molecule has 2 heterocycles. The first-order valence-corrected chi connectivity index (χ1v) is 7.36. The quantitative estimate of drug-likeness (QED) is 0.927. The summed E-state index contributed by atoms with van der Waals surface area (Å²) < 4.78 is 0. The van der Waals surface area contributed by atoms with Gasteiger partial charge in [0.1, 0.15) is 18.0 Å². The van der Waals surface area contributed by atoms with E-state index < -0.39 is 0 Å². The zero-order chi connectivity index (χ0) is 14.5. The Morgan fingerprint density at radius 1 is 1.05 bits per heavy atom. The van der Waals surface area contributed by atoms with Gasteiger partial charge in [0.15, 0.2) is 0 Å². The van der Waals surface area contributed by atoms with Gasteiger partial charge in [-0.15, -0.1) is 0 Å². The molecule has 2 aromatic rings. The summed E-state index contributed by atoms with van der Waals surface area (Å²) in [6.07, 6.45) is 1.62. The summed E-state index contributed by atoms with van der Waals surface area (Å²) in [5.74, 6) is 1.88. The van der Waals surface area contributed by atoms with Crippen molar-refractivity contribution in [3.8, 4) is 0 Å². The average molecular weight is 283 g/mol. The minimum absolute atomic E-state index is 0.867. The number of hydrogen-bond acceptors (Lipinski definition) is 5. The van der Waals surface area contributed by atoms with Gasteiger partial charge in [-0.3, -0.25) is 4.90 Å². The van der Waals surface area contributed by atoms with Crippen molar-refractivity contribution in [1.29, 1.82) is 0 Å². The molecule has 3 rings (SSSR count). The Labute approximate surface area is 125 Å². The van der Waals surface area contributed by atoms with Crippen molar-refractivity contribution >= 4 is 11.6 Å². The molecular weight excluding hydrogens is 262 g/mol. The number of anilines is 2. The average Bonchev–Trinajstić information content (AvgIpc) is 2.56. The summed E-state index contributed by atoms with van der Waals surface area (Å²) in [7, 11) is 1.88. The normalized spacial score (nSPS) is 16.0. The van der Waals surface area contributed by atoms with E-state index in [1.807, 2.05) is 13.1 Å². The molecule has 1 aliphatic heterocycles. The predicted octanol–water partition coefficient (Wildman–Crippen LogP) is 1.84. The van der Waals surface area contributed by atoms with Crippen LogP contribution in [0.1, 0.15) is 5.56 Å². The first-order valence-electron chi connectivity index (χ1n) is 7.36. The molecule has 1 aliphatic rings.